The Morgan fingerprint density at radius 3 is 2.86 bits per heavy atom. The molecule has 3 aromatic rings. The maximum Gasteiger partial charge on any atom is 0.267 e. The number of H-pyrrole nitrogens is 1. The summed E-state index contributed by atoms with van der Waals surface area (Å²) in [4.78, 5) is 19.2. The molecule has 0 aliphatic heterocycles. The lowest BCUT2D eigenvalue weighted by molar-refractivity contribution is 0.0949. The zero-order valence-electron chi connectivity index (χ0n) is 11.5. The summed E-state index contributed by atoms with van der Waals surface area (Å²) < 4.78 is 1.19. The van der Waals surface area contributed by atoms with Gasteiger partial charge in [0.05, 0.1) is 20.2 Å². The number of hydrogen-bond acceptors (Lipinski definition) is 3. The minimum Gasteiger partial charge on any atom is -0.351 e. The summed E-state index contributed by atoms with van der Waals surface area (Å²) in [5.41, 5.74) is 1.40. The summed E-state index contributed by atoms with van der Waals surface area (Å²) in [5, 5.41) is 4.54. The van der Waals surface area contributed by atoms with Crippen LogP contribution in [0.5, 0.6) is 0 Å². The van der Waals surface area contributed by atoms with Crippen LogP contribution in [0.2, 0.25) is 10.2 Å². The molecule has 0 unspecified atom stereocenters. The van der Waals surface area contributed by atoms with Gasteiger partial charge in [0.25, 0.3) is 5.91 Å². The van der Waals surface area contributed by atoms with E-state index in [0.29, 0.717) is 17.3 Å². The van der Waals surface area contributed by atoms with E-state index in [9.17, 15) is 4.79 Å². The molecule has 3 rings (SSSR count). The highest BCUT2D eigenvalue weighted by Crippen LogP contribution is 2.23. The molecule has 0 fully saturated rings. The molecule has 0 aliphatic rings. The Labute approximate surface area is 141 Å². The van der Waals surface area contributed by atoms with Crippen LogP contribution in [0.1, 0.15) is 21.9 Å². The first-order chi connectivity index (χ1) is 10.6. The number of halogens is 2. The van der Waals surface area contributed by atoms with Crippen molar-refractivity contribution >= 4 is 50.7 Å². The maximum atomic E-state index is 11.9. The number of para-hydroxylation sites is 1. The molecule has 0 atom stereocenters. The second-order valence-corrected chi connectivity index (χ2v) is 6.68. The van der Waals surface area contributed by atoms with Crippen molar-refractivity contribution in [3.63, 3.8) is 0 Å². The van der Waals surface area contributed by atoms with E-state index in [1.165, 1.54) is 10.8 Å². The van der Waals surface area contributed by atoms with Gasteiger partial charge in [-0.3, -0.25) is 4.79 Å². The highest BCUT2D eigenvalue weighted by Gasteiger charge is 2.11. The Balaban J connectivity index is 1.50. The van der Waals surface area contributed by atoms with E-state index >= 15 is 0 Å². The van der Waals surface area contributed by atoms with Gasteiger partial charge in [-0.25, -0.2) is 4.98 Å². The maximum absolute atomic E-state index is 11.9. The molecule has 1 aromatic carbocycles. The van der Waals surface area contributed by atoms with Crippen LogP contribution >= 0.6 is 34.5 Å². The monoisotopic (exact) mass is 353 g/mol. The molecule has 0 saturated carbocycles. The lowest BCUT2D eigenvalue weighted by Crippen LogP contribution is -2.25. The normalized spacial score (nSPS) is 11.0. The van der Waals surface area contributed by atoms with Crippen LogP contribution in [-0.4, -0.2) is 22.4 Å². The highest BCUT2D eigenvalue weighted by molar-refractivity contribution is 7.18. The van der Waals surface area contributed by atoms with Gasteiger partial charge < -0.3 is 10.3 Å². The summed E-state index contributed by atoms with van der Waals surface area (Å²) in [6.07, 6.45) is 1.67. The fourth-order valence-corrected chi connectivity index (χ4v) is 3.41. The first-order valence-electron chi connectivity index (χ1n) is 6.80. The molecule has 2 N–H and O–H groups in total. The van der Waals surface area contributed by atoms with Gasteiger partial charge in [-0.05, 0) is 24.6 Å². The Morgan fingerprint density at radius 1 is 1.32 bits per heavy atom. The standard InChI is InChI=1S/C15H13Cl2N3OS/c16-9-8-11(20-14(9)17)15(21)18-7-3-6-13-19-10-4-1-2-5-12(10)22-13/h1-2,4-5,8,20H,3,6-7H2,(H,18,21). The Hall–Kier alpha value is -1.56. The van der Waals surface area contributed by atoms with Crippen LogP contribution in [0, 0.1) is 0 Å². The number of benzene rings is 1. The van der Waals surface area contributed by atoms with Crippen LogP contribution in [0.4, 0.5) is 0 Å². The number of aromatic amines is 1. The van der Waals surface area contributed by atoms with Crippen LogP contribution in [-0.2, 0) is 6.42 Å². The van der Waals surface area contributed by atoms with E-state index in [-0.39, 0.29) is 11.1 Å². The summed E-state index contributed by atoms with van der Waals surface area (Å²) >= 11 is 13.3. The molecule has 7 heteroatoms. The van der Waals surface area contributed by atoms with Gasteiger partial charge in [-0.1, -0.05) is 35.3 Å². The van der Waals surface area contributed by atoms with Gasteiger partial charge >= 0.3 is 0 Å². The number of nitrogens with zero attached hydrogens (tertiary/aromatic N) is 1. The van der Waals surface area contributed by atoms with Gasteiger partial charge in [0.15, 0.2) is 0 Å². The topological polar surface area (TPSA) is 57.8 Å². The lowest BCUT2D eigenvalue weighted by Gasteiger charge is -2.02. The van der Waals surface area contributed by atoms with E-state index in [0.717, 1.165) is 23.4 Å². The van der Waals surface area contributed by atoms with E-state index in [1.54, 1.807) is 11.3 Å². The number of nitrogens with one attached hydrogen (secondary N) is 2. The largest absolute Gasteiger partial charge is 0.351 e. The predicted octanol–water partition coefficient (Wildman–Crippen LogP) is 4.29. The van der Waals surface area contributed by atoms with Gasteiger partial charge in [-0.15, -0.1) is 11.3 Å². The minimum atomic E-state index is -0.210. The van der Waals surface area contributed by atoms with Crippen molar-refractivity contribution in [2.75, 3.05) is 6.54 Å². The van der Waals surface area contributed by atoms with Crippen LogP contribution in [0.25, 0.3) is 10.2 Å². The van der Waals surface area contributed by atoms with E-state index in [2.05, 4.69) is 21.4 Å². The third-order valence-corrected chi connectivity index (χ3v) is 4.95. The smallest absolute Gasteiger partial charge is 0.267 e. The Morgan fingerprint density at radius 2 is 2.14 bits per heavy atom. The van der Waals surface area contributed by atoms with Gasteiger partial charge in [0.2, 0.25) is 0 Å². The Bertz CT molecular complexity index is 760. The molecule has 114 valence electrons. The quantitative estimate of drug-likeness (QED) is 0.672. The number of fused-ring (bicyclic) bond motifs is 1. The number of thiazole rings is 1. The van der Waals surface area contributed by atoms with Crippen molar-refractivity contribution in [3.05, 3.63) is 51.2 Å². The molecule has 4 nitrogen and oxygen atoms in total. The number of rotatable bonds is 5. The van der Waals surface area contributed by atoms with Crippen molar-refractivity contribution in [1.29, 1.82) is 0 Å². The molecule has 0 saturated heterocycles. The molecular formula is C15H13Cl2N3OS. The van der Waals surface area contributed by atoms with Crippen molar-refractivity contribution in [1.82, 2.24) is 15.3 Å². The van der Waals surface area contributed by atoms with E-state index < -0.39 is 0 Å². The number of aromatic nitrogens is 2. The molecule has 0 aliphatic carbocycles. The van der Waals surface area contributed by atoms with Crippen molar-refractivity contribution < 1.29 is 4.79 Å². The summed E-state index contributed by atoms with van der Waals surface area (Å²) in [6, 6.07) is 9.59. The first-order valence-corrected chi connectivity index (χ1v) is 8.37. The van der Waals surface area contributed by atoms with E-state index in [4.69, 9.17) is 23.2 Å². The number of hydrogen-bond donors (Lipinski definition) is 2. The third kappa shape index (κ3) is 3.43. The zero-order chi connectivity index (χ0) is 15.5. The summed E-state index contributed by atoms with van der Waals surface area (Å²) in [5.74, 6) is -0.210. The van der Waals surface area contributed by atoms with Gasteiger partial charge in [0.1, 0.15) is 10.8 Å². The molecule has 2 aromatic heterocycles. The summed E-state index contributed by atoms with van der Waals surface area (Å²) in [7, 11) is 0. The van der Waals surface area contributed by atoms with E-state index in [1.807, 2.05) is 18.2 Å². The highest BCUT2D eigenvalue weighted by atomic mass is 35.5. The first kappa shape index (κ1) is 15.3. The number of amides is 1. The second-order valence-electron chi connectivity index (χ2n) is 4.78. The molecule has 2 heterocycles. The zero-order valence-corrected chi connectivity index (χ0v) is 13.9. The number of aryl methyl sites for hydroxylation is 1. The fourth-order valence-electron chi connectivity index (χ4n) is 2.09. The molecule has 0 radical (unpaired) electrons. The molecule has 1 amide bonds. The predicted molar refractivity (Wildman–Crippen MR) is 91.1 cm³/mol. The number of carbonyl (C=O) groups is 1. The van der Waals surface area contributed by atoms with Crippen molar-refractivity contribution in [3.8, 4) is 0 Å². The average molecular weight is 354 g/mol. The van der Waals surface area contributed by atoms with Crippen LogP contribution in [0.3, 0.4) is 0 Å². The fraction of sp³-hybridized carbons (Fsp3) is 0.200. The number of carbonyl (C=O) groups excluding carboxylic acids is 1. The molecule has 0 bridgehead atoms. The van der Waals surface area contributed by atoms with Gasteiger partial charge in [-0.2, -0.15) is 0 Å². The van der Waals surface area contributed by atoms with Gasteiger partial charge in [0, 0.05) is 13.0 Å². The second kappa shape index (κ2) is 6.69. The van der Waals surface area contributed by atoms with Crippen molar-refractivity contribution in [2.45, 2.75) is 12.8 Å². The van der Waals surface area contributed by atoms with Crippen LogP contribution < -0.4 is 5.32 Å². The summed E-state index contributed by atoms with van der Waals surface area (Å²) in [6.45, 7) is 0.572. The average Bonchev–Trinajstić information content (AvgIpc) is 3.07. The third-order valence-electron chi connectivity index (χ3n) is 3.16. The minimum absolute atomic E-state index is 0.210. The Kier molecular flexibility index (Phi) is 4.66. The molecule has 0 spiro atoms. The van der Waals surface area contributed by atoms with Crippen LogP contribution in [0.15, 0.2) is 30.3 Å². The van der Waals surface area contributed by atoms with Crippen molar-refractivity contribution in [2.24, 2.45) is 0 Å². The molecular weight excluding hydrogens is 341 g/mol. The SMILES string of the molecule is O=C(NCCCc1nc2ccccc2s1)c1cc(Cl)c(Cl)[nH]1. The molecule has 22 heavy (non-hydrogen) atoms. The lowest BCUT2D eigenvalue weighted by atomic mass is 10.3.